The van der Waals surface area contributed by atoms with Gasteiger partial charge in [0.25, 0.3) is 0 Å². The smallest absolute Gasteiger partial charge is 0.319 e. The average Bonchev–Trinajstić information content (AvgIpc) is 3.01. The SMILES string of the molecule is CC(C)SCc1cccc(NC(=O)N[C@@H]2CCc3ncnn3C2)c1. The van der Waals surface area contributed by atoms with Gasteiger partial charge in [0, 0.05) is 17.9 Å². The molecule has 0 spiro atoms. The molecular formula is C17H23N5OS. The molecular weight excluding hydrogens is 322 g/mol. The number of aryl methyl sites for hydroxylation is 1. The van der Waals surface area contributed by atoms with Gasteiger partial charge in [-0.3, -0.25) is 0 Å². The fraction of sp³-hybridized carbons (Fsp3) is 0.471. The van der Waals surface area contributed by atoms with E-state index in [1.807, 2.05) is 34.6 Å². The maximum atomic E-state index is 12.2. The molecule has 0 radical (unpaired) electrons. The van der Waals surface area contributed by atoms with Gasteiger partial charge in [0.15, 0.2) is 0 Å². The van der Waals surface area contributed by atoms with Crippen LogP contribution in [0.25, 0.3) is 0 Å². The summed E-state index contributed by atoms with van der Waals surface area (Å²) in [5, 5.41) is 10.7. The van der Waals surface area contributed by atoms with E-state index in [-0.39, 0.29) is 12.1 Å². The molecule has 2 amide bonds. The Morgan fingerprint density at radius 2 is 2.33 bits per heavy atom. The minimum absolute atomic E-state index is 0.0823. The van der Waals surface area contributed by atoms with Crippen LogP contribution >= 0.6 is 11.8 Å². The minimum Gasteiger partial charge on any atom is -0.333 e. The number of carbonyl (C=O) groups is 1. The van der Waals surface area contributed by atoms with E-state index in [4.69, 9.17) is 0 Å². The highest BCUT2D eigenvalue weighted by Crippen LogP contribution is 2.20. The van der Waals surface area contributed by atoms with Crippen molar-refractivity contribution in [3.8, 4) is 0 Å². The number of anilines is 1. The highest BCUT2D eigenvalue weighted by atomic mass is 32.2. The molecule has 2 N–H and O–H groups in total. The number of amides is 2. The third kappa shape index (κ3) is 4.50. The number of hydrogen-bond acceptors (Lipinski definition) is 4. The molecule has 0 bridgehead atoms. The van der Waals surface area contributed by atoms with Crippen LogP contribution in [0.15, 0.2) is 30.6 Å². The number of urea groups is 1. The van der Waals surface area contributed by atoms with E-state index in [0.29, 0.717) is 11.8 Å². The van der Waals surface area contributed by atoms with Crippen molar-refractivity contribution in [2.45, 2.75) is 50.3 Å². The van der Waals surface area contributed by atoms with Crippen LogP contribution in [-0.4, -0.2) is 32.1 Å². The van der Waals surface area contributed by atoms with Gasteiger partial charge < -0.3 is 10.6 Å². The van der Waals surface area contributed by atoms with Crippen LogP contribution in [0.3, 0.4) is 0 Å². The van der Waals surface area contributed by atoms with Crippen LogP contribution in [0, 0.1) is 0 Å². The zero-order valence-electron chi connectivity index (χ0n) is 14.0. The van der Waals surface area contributed by atoms with E-state index in [2.05, 4.69) is 40.6 Å². The molecule has 6 nitrogen and oxygen atoms in total. The monoisotopic (exact) mass is 345 g/mol. The lowest BCUT2D eigenvalue weighted by atomic mass is 10.1. The van der Waals surface area contributed by atoms with Crippen molar-refractivity contribution >= 4 is 23.5 Å². The molecule has 0 fully saturated rings. The summed E-state index contributed by atoms with van der Waals surface area (Å²) in [6.45, 7) is 5.05. The maximum Gasteiger partial charge on any atom is 0.319 e. The molecule has 0 aliphatic carbocycles. The molecule has 0 saturated heterocycles. The number of nitrogens with one attached hydrogen (secondary N) is 2. The number of aromatic nitrogens is 3. The van der Waals surface area contributed by atoms with E-state index in [0.717, 1.165) is 30.1 Å². The Kier molecular flexibility index (Phi) is 5.40. The quantitative estimate of drug-likeness (QED) is 0.874. The van der Waals surface area contributed by atoms with Crippen LogP contribution < -0.4 is 10.6 Å². The lowest BCUT2D eigenvalue weighted by molar-refractivity contribution is 0.243. The molecule has 24 heavy (non-hydrogen) atoms. The fourth-order valence-corrected chi connectivity index (χ4v) is 3.42. The van der Waals surface area contributed by atoms with Crippen LogP contribution in [0.1, 0.15) is 31.7 Å². The van der Waals surface area contributed by atoms with Crippen LogP contribution in [0.5, 0.6) is 0 Å². The third-order valence-corrected chi connectivity index (χ3v) is 5.08. The number of carbonyl (C=O) groups excluding carboxylic acids is 1. The first kappa shape index (κ1) is 16.8. The Morgan fingerprint density at radius 3 is 3.17 bits per heavy atom. The summed E-state index contributed by atoms with van der Waals surface area (Å²) in [5.41, 5.74) is 2.04. The Balaban J connectivity index is 1.53. The van der Waals surface area contributed by atoms with Gasteiger partial charge in [0.1, 0.15) is 12.2 Å². The second-order valence-corrected chi connectivity index (χ2v) is 7.82. The lowest BCUT2D eigenvalue weighted by Gasteiger charge is -2.23. The molecule has 0 unspecified atom stereocenters. The van der Waals surface area contributed by atoms with Crippen LogP contribution in [0.4, 0.5) is 10.5 Å². The fourth-order valence-electron chi connectivity index (χ4n) is 2.71. The summed E-state index contributed by atoms with van der Waals surface area (Å²) in [4.78, 5) is 16.4. The first-order valence-electron chi connectivity index (χ1n) is 8.25. The van der Waals surface area contributed by atoms with E-state index >= 15 is 0 Å². The summed E-state index contributed by atoms with van der Waals surface area (Å²) in [6, 6.07) is 7.93. The lowest BCUT2D eigenvalue weighted by Crippen LogP contribution is -2.43. The van der Waals surface area contributed by atoms with E-state index in [1.54, 1.807) is 6.33 Å². The van der Waals surface area contributed by atoms with Crippen molar-refractivity contribution in [1.82, 2.24) is 20.1 Å². The van der Waals surface area contributed by atoms with Crippen molar-refractivity contribution in [2.24, 2.45) is 0 Å². The molecule has 7 heteroatoms. The van der Waals surface area contributed by atoms with Gasteiger partial charge in [0.2, 0.25) is 0 Å². The maximum absolute atomic E-state index is 12.2. The Morgan fingerprint density at radius 1 is 1.46 bits per heavy atom. The molecule has 1 atom stereocenters. The first-order valence-corrected chi connectivity index (χ1v) is 9.30. The molecule has 1 aliphatic rings. The van der Waals surface area contributed by atoms with Gasteiger partial charge in [-0.05, 0) is 29.4 Å². The predicted molar refractivity (Wildman–Crippen MR) is 97.2 cm³/mol. The minimum atomic E-state index is -0.169. The normalized spacial score (nSPS) is 16.7. The number of fused-ring (bicyclic) bond motifs is 1. The zero-order valence-corrected chi connectivity index (χ0v) is 14.8. The predicted octanol–water partition coefficient (Wildman–Crippen LogP) is 3.06. The molecule has 2 heterocycles. The second-order valence-electron chi connectivity index (χ2n) is 6.25. The molecule has 1 aliphatic heterocycles. The number of hydrogen-bond donors (Lipinski definition) is 2. The topological polar surface area (TPSA) is 71.8 Å². The summed E-state index contributed by atoms with van der Waals surface area (Å²) in [7, 11) is 0. The van der Waals surface area contributed by atoms with Crippen molar-refractivity contribution in [3.63, 3.8) is 0 Å². The van der Waals surface area contributed by atoms with Crippen LogP contribution in [0.2, 0.25) is 0 Å². The number of benzene rings is 1. The van der Waals surface area contributed by atoms with Crippen molar-refractivity contribution in [3.05, 3.63) is 42.0 Å². The number of nitrogens with zero attached hydrogens (tertiary/aromatic N) is 3. The number of rotatable bonds is 5. The molecule has 0 saturated carbocycles. The van der Waals surface area contributed by atoms with Crippen molar-refractivity contribution in [2.75, 3.05) is 5.32 Å². The first-order chi connectivity index (χ1) is 11.6. The highest BCUT2D eigenvalue weighted by molar-refractivity contribution is 7.99. The standard InChI is InChI=1S/C17H23N5OS/c1-12(2)24-10-13-4-3-5-14(8-13)20-17(23)21-15-6-7-16-18-11-19-22(16)9-15/h3-5,8,11-12,15H,6-7,9-10H2,1-2H3,(H2,20,21,23)/t15-/m1/s1. The van der Waals surface area contributed by atoms with Gasteiger partial charge >= 0.3 is 6.03 Å². The van der Waals surface area contributed by atoms with Gasteiger partial charge in [0.05, 0.1) is 12.6 Å². The summed E-state index contributed by atoms with van der Waals surface area (Å²) < 4.78 is 1.86. The van der Waals surface area contributed by atoms with Gasteiger partial charge in [-0.1, -0.05) is 26.0 Å². The molecule has 128 valence electrons. The third-order valence-electron chi connectivity index (χ3n) is 3.91. The second kappa shape index (κ2) is 7.70. The Hall–Kier alpha value is -2.02. The van der Waals surface area contributed by atoms with Gasteiger partial charge in [-0.2, -0.15) is 16.9 Å². The molecule has 1 aromatic heterocycles. The Bertz CT molecular complexity index is 700. The molecule has 1 aromatic carbocycles. The van der Waals surface area contributed by atoms with E-state index in [9.17, 15) is 4.79 Å². The largest absolute Gasteiger partial charge is 0.333 e. The van der Waals surface area contributed by atoms with Gasteiger partial charge in [-0.15, -0.1) is 0 Å². The molecule has 2 aromatic rings. The van der Waals surface area contributed by atoms with Crippen molar-refractivity contribution in [1.29, 1.82) is 0 Å². The number of thioether (sulfide) groups is 1. The van der Waals surface area contributed by atoms with Crippen molar-refractivity contribution < 1.29 is 4.79 Å². The van der Waals surface area contributed by atoms with Gasteiger partial charge in [-0.25, -0.2) is 14.5 Å². The summed E-state index contributed by atoms with van der Waals surface area (Å²) >= 11 is 1.89. The Labute approximate surface area is 146 Å². The van der Waals surface area contributed by atoms with E-state index in [1.165, 1.54) is 5.56 Å². The average molecular weight is 345 g/mol. The highest BCUT2D eigenvalue weighted by Gasteiger charge is 2.21. The van der Waals surface area contributed by atoms with E-state index < -0.39 is 0 Å². The zero-order chi connectivity index (χ0) is 16.9. The summed E-state index contributed by atoms with van der Waals surface area (Å²) in [6.07, 6.45) is 3.29. The molecule has 3 rings (SSSR count). The van der Waals surface area contributed by atoms with Crippen LogP contribution in [-0.2, 0) is 18.7 Å². The summed E-state index contributed by atoms with van der Waals surface area (Å²) in [5.74, 6) is 1.94.